The van der Waals surface area contributed by atoms with Crippen molar-refractivity contribution in [2.24, 2.45) is 4.99 Å². The number of benzene rings is 2. The minimum Gasteiger partial charge on any atom is -0.350 e. The van der Waals surface area contributed by atoms with Crippen molar-refractivity contribution in [3.63, 3.8) is 0 Å². The molecule has 2 aliphatic rings. The summed E-state index contributed by atoms with van der Waals surface area (Å²) in [5, 5.41) is 4.94. The summed E-state index contributed by atoms with van der Waals surface area (Å²) in [6.07, 6.45) is 5.01. The van der Waals surface area contributed by atoms with Crippen LogP contribution in [0.5, 0.6) is 0 Å². The lowest BCUT2D eigenvalue weighted by atomic mass is 9.95. The Balaban J connectivity index is 1.68. The van der Waals surface area contributed by atoms with Gasteiger partial charge in [-0.3, -0.25) is 14.7 Å². The maximum atomic E-state index is 13.1. The van der Waals surface area contributed by atoms with Crippen LogP contribution in [0, 0.1) is 0 Å². The fraction of sp³-hybridized carbons (Fsp3) is 0.391. The molecule has 0 spiro atoms. The van der Waals surface area contributed by atoms with E-state index in [1.807, 2.05) is 42.3 Å². The van der Waals surface area contributed by atoms with E-state index in [4.69, 9.17) is 39.8 Å². The molecular weight excluding hydrogens is 441 g/mol. The van der Waals surface area contributed by atoms with Crippen LogP contribution in [-0.2, 0) is 4.79 Å². The predicted molar refractivity (Wildman–Crippen MR) is 124 cm³/mol. The Kier molecular flexibility index (Phi) is 6.69. The molecule has 7 heteroatoms. The zero-order chi connectivity index (χ0) is 21.3. The second-order valence-electron chi connectivity index (χ2n) is 7.98. The van der Waals surface area contributed by atoms with Gasteiger partial charge in [0.2, 0.25) is 0 Å². The van der Waals surface area contributed by atoms with E-state index in [0.29, 0.717) is 15.1 Å². The van der Waals surface area contributed by atoms with Gasteiger partial charge >= 0.3 is 0 Å². The molecule has 1 N–H and O–H groups in total. The minimum atomic E-state index is -0.616. The van der Waals surface area contributed by atoms with E-state index in [1.54, 1.807) is 12.1 Å². The first kappa shape index (κ1) is 21.6. The fourth-order valence-corrected chi connectivity index (χ4v) is 4.98. The molecule has 1 aliphatic carbocycles. The van der Waals surface area contributed by atoms with Gasteiger partial charge in [0.15, 0.2) is 6.17 Å². The Morgan fingerprint density at radius 3 is 2.33 bits per heavy atom. The molecule has 158 valence electrons. The predicted octanol–water partition coefficient (Wildman–Crippen LogP) is 5.90. The van der Waals surface area contributed by atoms with Crippen LogP contribution in [0.25, 0.3) is 0 Å². The van der Waals surface area contributed by atoms with Crippen LogP contribution in [-0.4, -0.2) is 35.8 Å². The van der Waals surface area contributed by atoms with Crippen molar-refractivity contribution in [1.29, 1.82) is 0 Å². The van der Waals surface area contributed by atoms with E-state index in [-0.39, 0.29) is 18.0 Å². The molecule has 1 saturated carbocycles. The number of likely N-dealkylation sites (N-methyl/N-ethyl adjacent to an activating group) is 1. The monoisotopic (exact) mass is 463 g/mol. The first-order valence-electron chi connectivity index (χ1n) is 10.2. The lowest BCUT2D eigenvalue weighted by Crippen LogP contribution is -2.46. The Hall–Kier alpha value is -1.59. The van der Waals surface area contributed by atoms with E-state index in [0.717, 1.165) is 42.5 Å². The molecule has 2 aromatic rings. The maximum absolute atomic E-state index is 13.1. The number of carbonyl (C=O) groups is 1. The summed E-state index contributed by atoms with van der Waals surface area (Å²) in [5.41, 5.74) is 2.53. The van der Waals surface area contributed by atoms with Crippen molar-refractivity contribution in [2.75, 3.05) is 7.05 Å². The van der Waals surface area contributed by atoms with E-state index in [1.165, 1.54) is 6.42 Å². The molecule has 0 bridgehead atoms. The van der Waals surface area contributed by atoms with Crippen molar-refractivity contribution in [3.8, 4) is 0 Å². The maximum Gasteiger partial charge on any atom is 0.260 e. The molecular formula is C23H24Cl3N3O. The Labute approximate surface area is 192 Å². The summed E-state index contributed by atoms with van der Waals surface area (Å²) in [6, 6.07) is 13.0. The van der Waals surface area contributed by atoms with Crippen molar-refractivity contribution in [2.45, 2.75) is 50.4 Å². The summed E-state index contributed by atoms with van der Waals surface area (Å²) in [6.45, 7) is 0. The van der Waals surface area contributed by atoms with Gasteiger partial charge in [0.1, 0.15) is 0 Å². The fourth-order valence-electron chi connectivity index (χ4n) is 4.35. The molecule has 2 aromatic carbocycles. The van der Waals surface area contributed by atoms with E-state index in [2.05, 4.69) is 5.32 Å². The molecule has 1 aliphatic heterocycles. The van der Waals surface area contributed by atoms with Gasteiger partial charge in [0.05, 0.1) is 16.8 Å². The van der Waals surface area contributed by atoms with Gasteiger partial charge in [-0.15, -0.1) is 0 Å². The highest BCUT2D eigenvalue weighted by molar-refractivity contribution is 6.37. The lowest BCUT2D eigenvalue weighted by Gasteiger charge is -2.28. The highest BCUT2D eigenvalue weighted by Gasteiger charge is 2.40. The quantitative estimate of drug-likeness (QED) is 0.612. The van der Waals surface area contributed by atoms with E-state index >= 15 is 0 Å². The third-order valence-corrected chi connectivity index (χ3v) is 6.69. The van der Waals surface area contributed by atoms with Gasteiger partial charge in [-0.2, -0.15) is 0 Å². The average molecular weight is 465 g/mol. The van der Waals surface area contributed by atoms with Gasteiger partial charge in [-0.05, 0) is 49.7 Å². The van der Waals surface area contributed by atoms with Crippen LogP contribution < -0.4 is 5.32 Å². The molecule has 30 heavy (non-hydrogen) atoms. The average Bonchev–Trinajstić information content (AvgIpc) is 3.06. The Morgan fingerprint density at radius 1 is 1.00 bits per heavy atom. The molecule has 4 nitrogen and oxygen atoms in total. The van der Waals surface area contributed by atoms with Crippen LogP contribution in [0.2, 0.25) is 15.1 Å². The van der Waals surface area contributed by atoms with Crippen LogP contribution in [0.4, 0.5) is 0 Å². The van der Waals surface area contributed by atoms with Crippen molar-refractivity contribution >= 4 is 46.4 Å². The van der Waals surface area contributed by atoms with Crippen molar-refractivity contribution in [3.05, 3.63) is 68.7 Å². The largest absolute Gasteiger partial charge is 0.350 e. The van der Waals surface area contributed by atoms with Crippen molar-refractivity contribution < 1.29 is 4.79 Å². The number of nitrogens with zero attached hydrogens (tertiary/aromatic N) is 2. The van der Waals surface area contributed by atoms with Crippen LogP contribution in [0.3, 0.4) is 0 Å². The number of carbonyl (C=O) groups excluding carboxylic acids is 1. The Bertz CT molecular complexity index is 955. The Morgan fingerprint density at radius 2 is 1.67 bits per heavy atom. The number of nitrogens with one attached hydrogen (secondary N) is 1. The normalized spacial score (nSPS) is 22.7. The molecule has 0 aromatic heterocycles. The van der Waals surface area contributed by atoms with E-state index < -0.39 is 6.17 Å². The van der Waals surface area contributed by atoms with Gasteiger partial charge in [-0.1, -0.05) is 72.3 Å². The van der Waals surface area contributed by atoms with Gasteiger partial charge in [0.25, 0.3) is 5.91 Å². The first-order valence-corrected chi connectivity index (χ1v) is 11.4. The molecule has 1 heterocycles. The second-order valence-corrected chi connectivity index (χ2v) is 9.26. The first-order chi connectivity index (χ1) is 14.4. The van der Waals surface area contributed by atoms with Crippen LogP contribution in [0.15, 0.2) is 47.5 Å². The number of rotatable bonds is 4. The highest BCUT2D eigenvalue weighted by atomic mass is 35.5. The van der Waals surface area contributed by atoms with E-state index in [9.17, 15) is 4.79 Å². The molecule has 2 atom stereocenters. The zero-order valence-corrected chi connectivity index (χ0v) is 19.0. The highest BCUT2D eigenvalue weighted by Crippen LogP contribution is 2.36. The summed E-state index contributed by atoms with van der Waals surface area (Å²) in [7, 11) is 1.92. The summed E-state index contributed by atoms with van der Waals surface area (Å²) in [5.74, 6) is -0.0663. The third kappa shape index (κ3) is 4.52. The molecule has 0 radical (unpaired) electrons. The number of hydrogen-bond acceptors (Lipinski definition) is 3. The summed E-state index contributed by atoms with van der Waals surface area (Å²) in [4.78, 5) is 20.0. The smallest absolute Gasteiger partial charge is 0.260 e. The number of hydrogen-bond donors (Lipinski definition) is 1. The van der Waals surface area contributed by atoms with Gasteiger partial charge in [-0.25, -0.2) is 0 Å². The standard InChI is InChI=1S/C23H24Cl3N3O/c1-29-21(14-7-9-15(24)10-8-14)20(18-12-11-16(25)13-19(18)26)28-22(29)23(30)27-17-5-3-2-4-6-17/h7-13,17,21-22H,2-6H2,1H3,(H,27,30). The third-order valence-electron chi connectivity index (χ3n) is 5.89. The van der Waals surface area contributed by atoms with Gasteiger partial charge in [0, 0.05) is 21.7 Å². The molecule has 4 rings (SSSR count). The SMILES string of the molecule is CN1C(C(=O)NC2CCCCC2)N=C(c2ccc(Cl)cc2Cl)C1c1ccc(Cl)cc1. The topological polar surface area (TPSA) is 44.7 Å². The van der Waals surface area contributed by atoms with Gasteiger partial charge < -0.3 is 5.32 Å². The minimum absolute atomic E-state index is 0.0663. The molecule has 0 saturated heterocycles. The summed E-state index contributed by atoms with van der Waals surface area (Å²) >= 11 is 18.7. The number of aliphatic imine (C=N–C) groups is 1. The summed E-state index contributed by atoms with van der Waals surface area (Å²) < 4.78 is 0. The van der Waals surface area contributed by atoms with Crippen LogP contribution >= 0.6 is 34.8 Å². The molecule has 1 amide bonds. The number of halogens is 3. The molecule has 2 unspecified atom stereocenters. The van der Waals surface area contributed by atoms with Crippen molar-refractivity contribution in [1.82, 2.24) is 10.2 Å². The zero-order valence-electron chi connectivity index (χ0n) is 16.7. The molecule has 1 fully saturated rings. The lowest BCUT2D eigenvalue weighted by molar-refractivity contribution is -0.126. The number of amides is 1. The second kappa shape index (κ2) is 9.27. The van der Waals surface area contributed by atoms with Crippen LogP contribution in [0.1, 0.15) is 49.3 Å².